The van der Waals surface area contributed by atoms with E-state index in [2.05, 4.69) is 21.0 Å². The van der Waals surface area contributed by atoms with Crippen molar-refractivity contribution in [1.82, 2.24) is 4.90 Å². The first kappa shape index (κ1) is 13.3. The minimum Gasteiger partial charge on any atom is -0.493 e. The fourth-order valence-corrected chi connectivity index (χ4v) is 3.14. The van der Waals surface area contributed by atoms with E-state index in [0.29, 0.717) is 6.61 Å². The number of para-hydroxylation sites is 1. The van der Waals surface area contributed by atoms with E-state index in [4.69, 9.17) is 10.3 Å². The first-order chi connectivity index (χ1) is 9.88. The van der Waals surface area contributed by atoms with Crippen LogP contribution < -0.4 is 4.74 Å². The molecule has 1 saturated heterocycles. The van der Waals surface area contributed by atoms with Gasteiger partial charge in [0.25, 0.3) is 0 Å². The molecule has 2 aliphatic rings. The molecule has 0 unspecified atom stereocenters. The molecule has 0 aliphatic carbocycles. The van der Waals surface area contributed by atoms with E-state index in [1.807, 2.05) is 12.1 Å². The van der Waals surface area contributed by atoms with Crippen LogP contribution in [0.3, 0.4) is 0 Å². The fraction of sp³-hybridized carbons (Fsp3) is 0.600. The van der Waals surface area contributed by atoms with Crippen LogP contribution in [0.1, 0.15) is 42.9 Å². The van der Waals surface area contributed by atoms with E-state index in [1.54, 1.807) is 0 Å². The highest BCUT2D eigenvalue weighted by atomic mass is 16.5. The molecule has 2 aliphatic heterocycles. The van der Waals surface area contributed by atoms with Crippen molar-refractivity contribution in [3.05, 3.63) is 39.8 Å². The number of azide groups is 1. The molecule has 0 spiro atoms. The number of fused-ring (bicyclic) bond motifs is 1. The number of hydrogen-bond donors (Lipinski definition) is 0. The summed E-state index contributed by atoms with van der Waals surface area (Å²) in [5, 5.41) is 3.90. The quantitative estimate of drug-likeness (QED) is 0.477. The third kappa shape index (κ3) is 2.74. The summed E-state index contributed by atoms with van der Waals surface area (Å²) >= 11 is 0. The lowest BCUT2D eigenvalue weighted by molar-refractivity contribution is 0.211. The summed E-state index contributed by atoms with van der Waals surface area (Å²) in [5.41, 5.74) is 11.0. The second kappa shape index (κ2) is 6.16. The van der Waals surface area contributed by atoms with Crippen molar-refractivity contribution in [3.8, 4) is 5.75 Å². The summed E-state index contributed by atoms with van der Waals surface area (Å²) in [6, 6.07) is 6.12. The molecule has 1 fully saturated rings. The molecule has 0 bridgehead atoms. The van der Waals surface area contributed by atoms with Gasteiger partial charge in [0.15, 0.2) is 0 Å². The normalized spacial score (nSPS) is 22.5. The van der Waals surface area contributed by atoms with Crippen LogP contribution in [-0.2, 0) is 6.54 Å². The van der Waals surface area contributed by atoms with Gasteiger partial charge in [0.05, 0.1) is 12.6 Å². The maximum atomic E-state index is 8.68. The van der Waals surface area contributed by atoms with Gasteiger partial charge in [0.1, 0.15) is 5.75 Å². The number of rotatable bonds is 3. The Morgan fingerprint density at radius 3 is 2.95 bits per heavy atom. The minimum atomic E-state index is -0.0787. The van der Waals surface area contributed by atoms with E-state index in [9.17, 15) is 0 Å². The molecule has 3 rings (SSSR count). The number of hydrogen-bond acceptors (Lipinski definition) is 3. The van der Waals surface area contributed by atoms with Crippen molar-refractivity contribution >= 4 is 0 Å². The van der Waals surface area contributed by atoms with Gasteiger partial charge >= 0.3 is 0 Å². The molecule has 0 aromatic heterocycles. The van der Waals surface area contributed by atoms with Gasteiger partial charge in [0, 0.05) is 22.6 Å². The average molecular weight is 272 g/mol. The van der Waals surface area contributed by atoms with Crippen molar-refractivity contribution in [1.29, 1.82) is 0 Å². The zero-order chi connectivity index (χ0) is 13.8. The molecular weight excluding hydrogens is 252 g/mol. The molecule has 1 aromatic carbocycles. The van der Waals surface area contributed by atoms with Gasteiger partial charge in [-0.3, -0.25) is 4.90 Å². The molecule has 5 nitrogen and oxygen atoms in total. The monoisotopic (exact) mass is 272 g/mol. The average Bonchev–Trinajstić information content (AvgIpc) is 2.50. The molecular formula is C15H20N4O. The smallest absolute Gasteiger partial charge is 0.127 e. The number of ether oxygens (including phenoxy) is 1. The van der Waals surface area contributed by atoms with Crippen LogP contribution in [0.2, 0.25) is 0 Å². The summed E-state index contributed by atoms with van der Waals surface area (Å²) < 4.78 is 5.86. The van der Waals surface area contributed by atoms with Gasteiger partial charge in [-0.2, -0.15) is 0 Å². The maximum absolute atomic E-state index is 8.68. The molecule has 106 valence electrons. The predicted molar refractivity (Wildman–Crippen MR) is 77.6 cm³/mol. The molecule has 0 N–H and O–H groups in total. The Balaban J connectivity index is 1.84. The van der Waals surface area contributed by atoms with Gasteiger partial charge in [-0.1, -0.05) is 29.7 Å². The SMILES string of the molecule is [N-]=[N+]=N[C@H]1CCOc2c(CN3CCCCC3)cccc21. The van der Waals surface area contributed by atoms with Crippen LogP contribution >= 0.6 is 0 Å². The summed E-state index contributed by atoms with van der Waals surface area (Å²) in [6.45, 7) is 3.91. The zero-order valence-electron chi connectivity index (χ0n) is 11.7. The van der Waals surface area contributed by atoms with Crippen molar-refractivity contribution in [2.24, 2.45) is 5.11 Å². The minimum absolute atomic E-state index is 0.0787. The third-order valence-electron chi connectivity index (χ3n) is 4.16. The predicted octanol–water partition coefficient (Wildman–Crippen LogP) is 3.81. The molecule has 5 heteroatoms. The van der Waals surface area contributed by atoms with Crippen LogP contribution in [0.5, 0.6) is 5.75 Å². The molecule has 1 atom stereocenters. The molecule has 0 saturated carbocycles. The summed E-state index contributed by atoms with van der Waals surface area (Å²) in [7, 11) is 0. The van der Waals surface area contributed by atoms with E-state index in [1.165, 1.54) is 37.9 Å². The van der Waals surface area contributed by atoms with Crippen molar-refractivity contribution < 1.29 is 4.74 Å². The lowest BCUT2D eigenvalue weighted by Gasteiger charge is -2.29. The van der Waals surface area contributed by atoms with E-state index >= 15 is 0 Å². The standard InChI is InChI=1S/C15H20N4O/c16-18-17-14-7-10-20-15-12(5-4-6-13(14)15)11-19-8-2-1-3-9-19/h4-6,14H,1-3,7-11H2/t14-/m0/s1. The van der Waals surface area contributed by atoms with Gasteiger partial charge in [-0.15, -0.1) is 0 Å². The number of nitrogens with zero attached hydrogens (tertiary/aromatic N) is 4. The van der Waals surface area contributed by atoms with Gasteiger partial charge in [-0.05, 0) is 37.9 Å². The van der Waals surface area contributed by atoms with E-state index in [-0.39, 0.29) is 6.04 Å². The maximum Gasteiger partial charge on any atom is 0.127 e. The Morgan fingerprint density at radius 1 is 1.30 bits per heavy atom. The summed E-state index contributed by atoms with van der Waals surface area (Å²) in [5.74, 6) is 0.946. The zero-order valence-corrected chi connectivity index (χ0v) is 11.7. The van der Waals surface area contributed by atoms with Crippen molar-refractivity contribution in [2.45, 2.75) is 38.3 Å². The number of likely N-dealkylation sites (tertiary alicyclic amines) is 1. The highest BCUT2D eigenvalue weighted by molar-refractivity contribution is 5.44. The van der Waals surface area contributed by atoms with Crippen LogP contribution in [0.25, 0.3) is 10.4 Å². The first-order valence-electron chi connectivity index (χ1n) is 7.39. The lowest BCUT2D eigenvalue weighted by atomic mass is 9.97. The number of piperidine rings is 1. The van der Waals surface area contributed by atoms with Crippen LogP contribution in [-0.4, -0.2) is 24.6 Å². The van der Waals surface area contributed by atoms with Gasteiger partial charge in [-0.25, -0.2) is 0 Å². The summed E-state index contributed by atoms with van der Waals surface area (Å²) in [4.78, 5) is 5.45. The molecule has 0 amide bonds. The van der Waals surface area contributed by atoms with Crippen LogP contribution in [0.4, 0.5) is 0 Å². The highest BCUT2D eigenvalue weighted by Gasteiger charge is 2.23. The molecule has 0 radical (unpaired) electrons. The van der Waals surface area contributed by atoms with Crippen LogP contribution in [0.15, 0.2) is 23.3 Å². The topological polar surface area (TPSA) is 61.2 Å². The lowest BCUT2D eigenvalue weighted by Crippen LogP contribution is -2.29. The Bertz CT molecular complexity index is 519. The number of benzene rings is 1. The Morgan fingerprint density at radius 2 is 2.15 bits per heavy atom. The third-order valence-corrected chi connectivity index (χ3v) is 4.16. The van der Waals surface area contributed by atoms with Gasteiger partial charge in [0.2, 0.25) is 0 Å². The first-order valence-corrected chi connectivity index (χ1v) is 7.39. The van der Waals surface area contributed by atoms with Crippen molar-refractivity contribution in [3.63, 3.8) is 0 Å². The highest BCUT2D eigenvalue weighted by Crippen LogP contribution is 2.37. The van der Waals surface area contributed by atoms with Crippen molar-refractivity contribution in [2.75, 3.05) is 19.7 Å². The molecule has 2 heterocycles. The fourth-order valence-electron chi connectivity index (χ4n) is 3.14. The second-order valence-electron chi connectivity index (χ2n) is 5.53. The van der Waals surface area contributed by atoms with Gasteiger partial charge < -0.3 is 4.74 Å². The molecule has 1 aromatic rings. The van der Waals surface area contributed by atoms with Crippen LogP contribution in [0, 0.1) is 0 Å². The Hall–Kier alpha value is -1.71. The Labute approximate surface area is 119 Å². The largest absolute Gasteiger partial charge is 0.493 e. The summed E-state index contributed by atoms with van der Waals surface area (Å²) in [6.07, 6.45) is 4.69. The van der Waals surface area contributed by atoms with E-state index in [0.717, 1.165) is 24.3 Å². The van der Waals surface area contributed by atoms with E-state index < -0.39 is 0 Å². The second-order valence-corrected chi connectivity index (χ2v) is 5.53. The molecule has 20 heavy (non-hydrogen) atoms. The Kier molecular flexibility index (Phi) is 4.09.